The van der Waals surface area contributed by atoms with Crippen molar-refractivity contribution in [3.8, 4) is 17.0 Å². The van der Waals surface area contributed by atoms with Crippen LogP contribution in [0, 0.1) is 0 Å². The molecule has 0 saturated carbocycles. The molecular formula is C19H25N3O2S. The number of nitrogens with zero attached hydrogens (tertiary/aromatic N) is 3. The first kappa shape index (κ1) is 17.7. The second kappa shape index (κ2) is 7.87. The van der Waals surface area contributed by atoms with Gasteiger partial charge in [-0.1, -0.05) is 12.8 Å². The van der Waals surface area contributed by atoms with E-state index >= 15 is 0 Å². The highest BCUT2D eigenvalue weighted by Gasteiger charge is 2.20. The van der Waals surface area contributed by atoms with Crippen molar-refractivity contribution in [2.24, 2.45) is 0 Å². The van der Waals surface area contributed by atoms with Gasteiger partial charge in [-0.25, -0.2) is 4.98 Å². The minimum atomic E-state index is 0.105. The number of carbonyl (C=O) groups is 1. The van der Waals surface area contributed by atoms with Crippen LogP contribution >= 0.6 is 11.3 Å². The molecule has 0 aliphatic carbocycles. The minimum Gasteiger partial charge on any atom is -0.496 e. The summed E-state index contributed by atoms with van der Waals surface area (Å²) < 4.78 is 5.50. The van der Waals surface area contributed by atoms with Gasteiger partial charge < -0.3 is 14.5 Å². The fourth-order valence-corrected chi connectivity index (χ4v) is 3.85. The lowest BCUT2D eigenvalue weighted by molar-refractivity contribution is 0.0761. The normalized spacial score (nSPS) is 14.9. The van der Waals surface area contributed by atoms with E-state index in [0.717, 1.165) is 48.1 Å². The van der Waals surface area contributed by atoms with Crippen LogP contribution in [0.2, 0.25) is 0 Å². The number of aromatic nitrogens is 1. The standard InChI is InChI=1S/C19H25N3O2S/c1-21(2)19-20-16(13-25-19)15-12-14(8-9-17(15)24-3)18(23)22-10-6-4-5-7-11-22/h8-9,12-13H,4-7,10-11H2,1-3H3. The van der Waals surface area contributed by atoms with Crippen LogP contribution in [0.3, 0.4) is 0 Å². The highest BCUT2D eigenvalue weighted by atomic mass is 32.1. The zero-order valence-electron chi connectivity index (χ0n) is 15.1. The van der Waals surface area contributed by atoms with Gasteiger partial charge >= 0.3 is 0 Å². The van der Waals surface area contributed by atoms with Crippen molar-refractivity contribution in [3.05, 3.63) is 29.1 Å². The van der Waals surface area contributed by atoms with Crippen LogP contribution in [0.1, 0.15) is 36.0 Å². The number of likely N-dealkylation sites (tertiary alicyclic amines) is 1. The zero-order valence-corrected chi connectivity index (χ0v) is 15.9. The Kier molecular flexibility index (Phi) is 5.58. The predicted octanol–water partition coefficient (Wildman–Crippen LogP) is 3.90. The largest absolute Gasteiger partial charge is 0.496 e. The number of thiazole rings is 1. The number of hydrogen-bond acceptors (Lipinski definition) is 5. The van der Waals surface area contributed by atoms with Gasteiger partial charge in [0.15, 0.2) is 5.13 Å². The molecule has 0 N–H and O–H groups in total. The van der Waals surface area contributed by atoms with E-state index in [9.17, 15) is 4.79 Å². The Bertz CT molecular complexity index is 734. The molecule has 1 aromatic carbocycles. The topological polar surface area (TPSA) is 45.7 Å². The van der Waals surface area contributed by atoms with Crippen LogP contribution in [0.25, 0.3) is 11.3 Å². The number of rotatable bonds is 4. The molecule has 2 heterocycles. The number of hydrogen-bond donors (Lipinski definition) is 0. The quantitative estimate of drug-likeness (QED) is 0.830. The minimum absolute atomic E-state index is 0.105. The Morgan fingerprint density at radius 2 is 1.92 bits per heavy atom. The molecule has 25 heavy (non-hydrogen) atoms. The molecule has 0 bridgehead atoms. The first-order chi connectivity index (χ1) is 12.1. The van der Waals surface area contributed by atoms with Crippen LogP contribution in [0.15, 0.2) is 23.6 Å². The van der Waals surface area contributed by atoms with E-state index in [4.69, 9.17) is 4.74 Å². The first-order valence-electron chi connectivity index (χ1n) is 8.70. The monoisotopic (exact) mass is 359 g/mol. The lowest BCUT2D eigenvalue weighted by Gasteiger charge is -2.21. The summed E-state index contributed by atoms with van der Waals surface area (Å²) in [6.07, 6.45) is 4.60. The summed E-state index contributed by atoms with van der Waals surface area (Å²) in [6.45, 7) is 1.70. The molecule has 1 saturated heterocycles. The molecule has 0 spiro atoms. The van der Waals surface area contributed by atoms with Gasteiger partial charge in [0.25, 0.3) is 5.91 Å². The average molecular weight is 359 g/mol. The molecule has 2 aromatic rings. The second-order valence-corrected chi connectivity index (χ2v) is 7.37. The van der Waals surface area contributed by atoms with Gasteiger partial charge in [0.2, 0.25) is 0 Å². The average Bonchev–Trinajstić information content (AvgIpc) is 2.97. The van der Waals surface area contributed by atoms with Crippen molar-refractivity contribution in [2.45, 2.75) is 25.7 Å². The third-order valence-corrected chi connectivity index (χ3v) is 5.50. The molecule has 3 rings (SSSR count). The fourth-order valence-electron chi connectivity index (χ4n) is 3.09. The van der Waals surface area contributed by atoms with Crippen LogP contribution in [-0.4, -0.2) is 50.1 Å². The van der Waals surface area contributed by atoms with Crippen LogP contribution in [0.4, 0.5) is 5.13 Å². The van der Waals surface area contributed by atoms with Gasteiger partial charge in [-0.2, -0.15) is 0 Å². The van der Waals surface area contributed by atoms with Gasteiger partial charge in [-0.05, 0) is 31.0 Å². The molecule has 0 unspecified atom stereocenters. The van der Waals surface area contributed by atoms with Gasteiger partial charge in [0.1, 0.15) is 5.75 Å². The van der Waals surface area contributed by atoms with E-state index in [1.165, 1.54) is 12.8 Å². The Labute approximate surface area is 153 Å². The number of benzene rings is 1. The number of anilines is 1. The molecule has 1 aliphatic rings. The predicted molar refractivity (Wildman–Crippen MR) is 103 cm³/mol. The Hall–Kier alpha value is -2.08. The molecule has 0 atom stereocenters. The maximum atomic E-state index is 12.9. The van der Waals surface area contributed by atoms with Crippen molar-refractivity contribution >= 4 is 22.4 Å². The van der Waals surface area contributed by atoms with Crippen molar-refractivity contribution in [1.82, 2.24) is 9.88 Å². The molecule has 134 valence electrons. The highest BCUT2D eigenvalue weighted by Crippen LogP contribution is 2.34. The highest BCUT2D eigenvalue weighted by molar-refractivity contribution is 7.14. The van der Waals surface area contributed by atoms with Gasteiger partial charge in [-0.15, -0.1) is 11.3 Å². The molecule has 6 heteroatoms. The Balaban J connectivity index is 1.92. The summed E-state index contributed by atoms with van der Waals surface area (Å²) in [4.78, 5) is 21.5. The van der Waals surface area contributed by atoms with Crippen molar-refractivity contribution in [1.29, 1.82) is 0 Å². The molecule has 1 fully saturated rings. The Morgan fingerprint density at radius 3 is 2.52 bits per heavy atom. The van der Waals surface area contributed by atoms with Gasteiger partial charge in [0.05, 0.1) is 12.8 Å². The lowest BCUT2D eigenvalue weighted by atomic mass is 10.1. The van der Waals surface area contributed by atoms with E-state index in [1.807, 2.05) is 47.5 Å². The van der Waals surface area contributed by atoms with E-state index in [1.54, 1.807) is 18.4 Å². The SMILES string of the molecule is COc1ccc(C(=O)N2CCCCCC2)cc1-c1csc(N(C)C)n1. The van der Waals surface area contributed by atoms with E-state index in [0.29, 0.717) is 5.56 Å². The van der Waals surface area contributed by atoms with E-state index in [-0.39, 0.29) is 5.91 Å². The molecule has 5 nitrogen and oxygen atoms in total. The molecule has 1 aromatic heterocycles. The summed E-state index contributed by atoms with van der Waals surface area (Å²) in [5.41, 5.74) is 2.42. The van der Waals surface area contributed by atoms with E-state index < -0.39 is 0 Å². The summed E-state index contributed by atoms with van der Waals surface area (Å²) in [6, 6.07) is 5.64. The summed E-state index contributed by atoms with van der Waals surface area (Å²) >= 11 is 1.58. The smallest absolute Gasteiger partial charge is 0.253 e. The maximum absolute atomic E-state index is 12.9. The van der Waals surface area contributed by atoms with Crippen molar-refractivity contribution < 1.29 is 9.53 Å². The molecule has 1 amide bonds. The van der Waals surface area contributed by atoms with E-state index in [2.05, 4.69) is 4.98 Å². The fraction of sp³-hybridized carbons (Fsp3) is 0.474. The summed E-state index contributed by atoms with van der Waals surface area (Å²) in [5.74, 6) is 0.844. The van der Waals surface area contributed by atoms with Gasteiger partial charge in [0, 0.05) is 43.7 Å². The van der Waals surface area contributed by atoms with Crippen molar-refractivity contribution in [3.63, 3.8) is 0 Å². The molecule has 0 radical (unpaired) electrons. The zero-order chi connectivity index (χ0) is 17.8. The Morgan fingerprint density at radius 1 is 1.20 bits per heavy atom. The summed E-state index contributed by atoms with van der Waals surface area (Å²) in [5, 5.41) is 2.94. The van der Waals surface area contributed by atoms with Crippen molar-refractivity contribution in [2.75, 3.05) is 39.2 Å². The number of carbonyl (C=O) groups excluding carboxylic acids is 1. The maximum Gasteiger partial charge on any atom is 0.253 e. The number of methoxy groups -OCH3 is 1. The molecule has 1 aliphatic heterocycles. The third-order valence-electron chi connectivity index (χ3n) is 4.49. The second-order valence-electron chi connectivity index (χ2n) is 6.53. The first-order valence-corrected chi connectivity index (χ1v) is 9.58. The lowest BCUT2D eigenvalue weighted by Crippen LogP contribution is -2.31. The van der Waals surface area contributed by atoms with Crippen LogP contribution < -0.4 is 9.64 Å². The van der Waals surface area contributed by atoms with Crippen LogP contribution in [0.5, 0.6) is 5.75 Å². The number of amides is 1. The third kappa shape index (κ3) is 3.95. The number of ether oxygens (including phenoxy) is 1. The van der Waals surface area contributed by atoms with Gasteiger partial charge in [-0.3, -0.25) is 4.79 Å². The summed E-state index contributed by atoms with van der Waals surface area (Å²) in [7, 11) is 5.59. The van der Waals surface area contributed by atoms with Crippen LogP contribution in [-0.2, 0) is 0 Å². The molecular weight excluding hydrogens is 334 g/mol.